The normalized spacial score (nSPS) is 10.6. The van der Waals surface area contributed by atoms with Crippen LogP contribution in [-0.2, 0) is 13.1 Å². The van der Waals surface area contributed by atoms with Crippen molar-refractivity contribution in [3.8, 4) is 0 Å². The molecule has 0 aromatic heterocycles. The molecule has 2 rings (SSSR count). The summed E-state index contributed by atoms with van der Waals surface area (Å²) in [5, 5.41) is 13.9. The molecule has 0 aliphatic carbocycles. The molecule has 0 aliphatic rings. The van der Waals surface area contributed by atoms with Crippen molar-refractivity contribution in [3.05, 3.63) is 74.3 Å². The molecule has 0 saturated heterocycles. The first kappa shape index (κ1) is 15.3. The van der Waals surface area contributed by atoms with Crippen molar-refractivity contribution >= 4 is 17.3 Å². The van der Waals surface area contributed by atoms with Gasteiger partial charge in [0.25, 0.3) is 5.69 Å². The van der Waals surface area contributed by atoms with Gasteiger partial charge in [0.2, 0.25) is 0 Å². The fourth-order valence-corrected chi connectivity index (χ4v) is 2.01. The zero-order valence-corrected chi connectivity index (χ0v) is 11.5. The predicted octanol–water partition coefficient (Wildman–Crippen LogP) is 3.82. The molecule has 7 heteroatoms. The summed E-state index contributed by atoms with van der Waals surface area (Å²) in [5.41, 5.74) is 0.618. The minimum Gasteiger partial charge on any atom is -0.308 e. The van der Waals surface area contributed by atoms with Crippen molar-refractivity contribution in [2.75, 3.05) is 0 Å². The average molecular weight is 313 g/mol. The molecular weight excluding hydrogens is 302 g/mol. The van der Waals surface area contributed by atoms with Crippen molar-refractivity contribution in [1.29, 1.82) is 0 Å². The molecule has 1 N–H and O–H groups in total. The zero-order valence-electron chi connectivity index (χ0n) is 10.8. The summed E-state index contributed by atoms with van der Waals surface area (Å²) in [6.07, 6.45) is 0. The van der Waals surface area contributed by atoms with Gasteiger partial charge >= 0.3 is 0 Å². The number of hydrogen-bond acceptors (Lipinski definition) is 3. The minimum atomic E-state index is -0.526. The van der Waals surface area contributed by atoms with E-state index in [9.17, 15) is 18.9 Å². The molecule has 0 fully saturated rings. The lowest BCUT2D eigenvalue weighted by atomic mass is 10.1. The Balaban J connectivity index is 2.05. The summed E-state index contributed by atoms with van der Waals surface area (Å²) in [5.74, 6) is -1.05. The Morgan fingerprint density at radius 2 is 1.81 bits per heavy atom. The van der Waals surface area contributed by atoms with E-state index in [1.54, 1.807) is 0 Å². The van der Waals surface area contributed by atoms with Crippen LogP contribution in [0.4, 0.5) is 14.5 Å². The van der Waals surface area contributed by atoms with Gasteiger partial charge in [-0.3, -0.25) is 10.1 Å². The van der Waals surface area contributed by atoms with E-state index in [0.29, 0.717) is 10.6 Å². The third-order valence-electron chi connectivity index (χ3n) is 2.88. The van der Waals surface area contributed by atoms with Crippen molar-refractivity contribution in [3.63, 3.8) is 0 Å². The molecule has 0 saturated carbocycles. The number of non-ortho nitro benzene ring substituents is 1. The van der Waals surface area contributed by atoms with Gasteiger partial charge in [-0.2, -0.15) is 0 Å². The van der Waals surface area contributed by atoms with Crippen LogP contribution in [0, 0.1) is 21.7 Å². The smallest absolute Gasteiger partial charge is 0.269 e. The summed E-state index contributed by atoms with van der Waals surface area (Å²) >= 11 is 5.94. The van der Waals surface area contributed by atoms with Crippen LogP contribution in [0.2, 0.25) is 5.02 Å². The van der Waals surface area contributed by atoms with Crippen molar-refractivity contribution in [2.24, 2.45) is 0 Å². The fraction of sp³-hybridized carbons (Fsp3) is 0.143. The van der Waals surface area contributed by atoms with Crippen LogP contribution in [0.25, 0.3) is 0 Å². The van der Waals surface area contributed by atoms with Gasteiger partial charge in [-0.05, 0) is 29.8 Å². The van der Waals surface area contributed by atoms with Crippen molar-refractivity contribution < 1.29 is 13.7 Å². The Bertz CT molecular complexity index is 680. The van der Waals surface area contributed by atoms with E-state index in [1.165, 1.54) is 18.2 Å². The Hall–Kier alpha value is -2.05. The predicted molar refractivity (Wildman–Crippen MR) is 75.0 cm³/mol. The van der Waals surface area contributed by atoms with E-state index in [4.69, 9.17) is 11.6 Å². The quantitative estimate of drug-likeness (QED) is 0.674. The lowest BCUT2D eigenvalue weighted by molar-refractivity contribution is -0.384. The highest BCUT2D eigenvalue weighted by Gasteiger charge is 2.10. The molecule has 4 nitrogen and oxygen atoms in total. The second kappa shape index (κ2) is 6.60. The lowest BCUT2D eigenvalue weighted by Crippen LogP contribution is -2.14. The molecule has 110 valence electrons. The first-order valence-corrected chi connectivity index (χ1v) is 6.42. The van der Waals surface area contributed by atoms with Gasteiger partial charge in [0, 0.05) is 35.8 Å². The SMILES string of the molecule is O=[N+]([O-])c1ccc(Cl)c(CNCc2cc(F)ccc2F)c1. The summed E-state index contributed by atoms with van der Waals surface area (Å²) in [7, 11) is 0. The highest BCUT2D eigenvalue weighted by atomic mass is 35.5. The average Bonchev–Trinajstić information content (AvgIpc) is 2.44. The van der Waals surface area contributed by atoms with E-state index in [1.807, 2.05) is 0 Å². The molecule has 0 unspecified atom stereocenters. The number of nitro groups is 1. The minimum absolute atomic E-state index is 0.0758. The highest BCUT2D eigenvalue weighted by molar-refractivity contribution is 6.31. The number of benzene rings is 2. The summed E-state index contributed by atoms with van der Waals surface area (Å²) in [4.78, 5) is 10.2. The van der Waals surface area contributed by atoms with Crippen molar-refractivity contribution in [2.45, 2.75) is 13.1 Å². The van der Waals surface area contributed by atoms with Gasteiger partial charge in [0.1, 0.15) is 11.6 Å². The van der Waals surface area contributed by atoms with Crippen LogP contribution < -0.4 is 5.32 Å². The summed E-state index contributed by atoms with van der Waals surface area (Å²) in [6.45, 7) is 0.291. The maximum absolute atomic E-state index is 13.4. The summed E-state index contributed by atoms with van der Waals surface area (Å²) in [6, 6.07) is 7.26. The molecule has 0 aliphatic heterocycles. The summed E-state index contributed by atoms with van der Waals surface area (Å²) < 4.78 is 26.4. The number of nitrogens with one attached hydrogen (secondary N) is 1. The maximum atomic E-state index is 13.4. The third kappa shape index (κ3) is 3.96. The molecule has 0 bridgehead atoms. The van der Waals surface area contributed by atoms with Crippen molar-refractivity contribution in [1.82, 2.24) is 5.32 Å². The number of halogens is 3. The third-order valence-corrected chi connectivity index (χ3v) is 3.25. The van der Waals surface area contributed by atoms with Gasteiger partial charge in [-0.1, -0.05) is 11.6 Å². The maximum Gasteiger partial charge on any atom is 0.269 e. The van der Waals surface area contributed by atoms with Crippen LogP contribution in [0.1, 0.15) is 11.1 Å². The second-order valence-corrected chi connectivity index (χ2v) is 4.78. The molecule has 0 heterocycles. The number of hydrogen-bond donors (Lipinski definition) is 1. The standard InChI is InChI=1S/C14H11ClF2N2O2/c15-13-3-2-12(19(20)21)6-9(13)7-18-8-10-5-11(16)1-4-14(10)17/h1-6,18H,7-8H2. The molecule has 0 spiro atoms. The second-order valence-electron chi connectivity index (χ2n) is 4.37. The van der Waals surface area contributed by atoms with Crippen LogP contribution in [0.3, 0.4) is 0 Å². The Labute approximate surface area is 124 Å². The van der Waals surface area contributed by atoms with Crippen LogP contribution >= 0.6 is 11.6 Å². The molecule has 2 aromatic rings. The van der Waals surface area contributed by atoms with E-state index in [2.05, 4.69) is 5.32 Å². The molecule has 21 heavy (non-hydrogen) atoms. The van der Waals surface area contributed by atoms with Crippen LogP contribution in [-0.4, -0.2) is 4.92 Å². The number of rotatable bonds is 5. The Morgan fingerprint density at radius 1 is 1.10 bits per heavy atom. The van der Waals surface area contributed by atoms with E-state index in [0.717, 1.165) is 18.2 Å². The topological polar surface area (TPSA) is 55.2 Å². The highest BCUT2D eigenvalue weighted by Crippen LogP contribution is 2.22. The number of nitrogens with zero attached hydrogens (tertiary/aromatic N) is 1. The first-order valence-electron chi connectivity index (χ1n) is 6.05. The van der Waals surface area contributed by atoms with Gasteiger partial charge in [-0.25, -0.2) is 8.78 Å². The van der Waals surface area contributed by atoms with E-state index < -0.39 is 16.6 Å². The largest absolute Gasteiger partial charge is 0.308 e. The molecule has 2 aromatic carbocycles. The molecule has 0 radical (unpaired) electrons. The van der Waals surface area contributed by atoms with Gasteiger partial charge in [0.05, 0.1) is 4.92 Å². The lowest BCUT2D eigenvalue weighted by Gasteiger charge is -2.08. The first-order chi connectivity index (χ1) is 9.97. The Kier molecular flexibility index (Phi) is 4.82. The molecule has 0 amide bonds. The van der Waals surface area contributed by atoms with Gasteiger partial charge in [-0.15, -0.1) is 0 Å². The zero-order chi connectivity index (χ0) is 15.4. The number of nitro benzene ring substituents is 1. The van der Waals surface area contributed by atoms with E-state index in [-0.39, 0.29) is 24.3 Å². The monoisotopic (exact) mass is 312 g/mol. The fourth-order valence-electron chi connectivity index (χ4n) is 1.82. The van der Waals surface area contributed by atoms with Gasteiger partial charge in [0.15, 0.2) is 0 Å². The molecular formula is C14H11ClF2N2O2. The van der Waals surface area contributed by atoms with Crippen LogP contribution in [0.5, 0.6) is 0 Å². The molecule has 0 atom stereocenters. The van der Waals surface area contributed by atoms with Gasteiger partial charge < -0.3 is 5.32 Å². The van der Waals surface area contributed by atoms with E-state index >= 15 is 0 Å². The Morgan fingerprint density at radius 3 is 2.52 bits per heavy atom. The van der Waals surface area contributed by atoms with Crippen LogP contribution in [0.15, 0.2) is 36.4 Å².